The Labute approximate surface area is 253 Å². The van der Waals surface area contributed by atoms with Crippen molar-refractivity contribution >= 4 is 17.8 Å². The standard InChI is InChI=1S/C32H37N5O4.CH4O/c1-23(33-19-24-12-6-3-7-13-24)37-29-21-35(32(41)28(18-31(39)40)36(29)30(38)22-34(37)2)20-27(25-14-8-4-9-15-25)26-16-10-5-11-17-26;1-2/h3-17,23,27-29,33H,18-22H2,1-2H3,(H,39,40);2H,1H3/t23?,28-,29-;/m0./s1. The molecule has 5 rings (SSSR count). The second-order valence-electron chi connectivity index (χ2n) is 10.8. The third kappa shape index (κ3) is 7.47. The molecule has 2 aliphatic heterocycles. The number of aliphatic hydroxyl groups excluding tert-OH is 1. The van der Waals surface area contributed by atoms with Gasteiger partial charge in [-0.1, -0.05) is 91.0 Å². The molecule has 228 valence electrons. The van der Waals surface area contributed by atoms with Crippen molar-refractivity contribution in [2.45, 2.75) is 44.2 Å². The molecule has 0 spiro atoms. The number of hydrogen-bond donors (Lipinski definition) is 3. The van der Waals surface area contributed by atoms with E-state index in [1.54, 1.807) is 4.90 Å². The smallest absolute Gasteiger partial charge is 0.305 e. The van der Waals surface area contributed by atoms with Crippen molar-refractivity contribution in [3.05, 3.63) is 108 Å². The number of rotatable bonds is 10. The number of nitrogens with one attached hydrogen (secondary N) is 1. The highest BCUT2D eigenvalue weighted by Crippen LogP contribution is 2.32. The van der Waals surface area contributed by atoms with Crippen LogP contribution in [0.3, 0.4) is 0 Å². The van der Waals surface area contributed by atoms with Gasteiger partial charge in [0.1, 0.15) is 12.2 Å². The summed E-state index contributed by atoms with van der Waals surface area (Å²) in [7, 11) is 2.86. The zero-order chi connectivity index (χ0) is 30.9. The number of likely N-dealkylation sites (N-methyl/N-ethyl adjacent to an activating group) is 1. The van der Waals surface area contributed by atoms with Crippen molar-refractivity contribution in [3.8, 4) is 0 Å². The first-order valence-electron chi connectivity index (χ1n) is 14.5. The zero-order valence-corrected chi connectivity index (χ0v) is 24.9. The van der Waals surface area contributed by atoms with Gasteiger partial charge >= 0.3 is 5.97 Å². The Bertz CT molecular complexity index is 1300. The van der Waals surface area contributed by atoms with Crippen molar-refractivity contribution in [2.24, 2.45) is 0 Å². The molecular formula is C33H41N5O5. The number of hydrazine groups is 1. The quantitative estimate of drug-likeness (QED) is 0.332. The van der Waals surface area contributed by atoms with Gasteiger partial charge in [-0.25, -0.2) is 10.0 Å². The maximum atomic E-state index is 13.9. The Hall–Kier alpha value is -4.09. The molecule has 0 bridgehead atoms. The number of carboxylic acid groups (broad SMARTS) is 1. The van der Waals surface area contributed by atoms with Gasteiger partial charge in [-0.15, -0.1) is 0 Å². The summed E-state index contributed by atoms with van der Waals surface area (Å²) in [6.45, 7) is 3.34. The van der Waals surface area contributed by atoms with Crippen LogP contribution in [-0.4, -0.2) is 100.0 Å². The van der Waals surface area contributed by atoms with Gasteiger partial charge in [-0.2, -0.15) is 0 Å². The van der Waals surface area contributed by atoms with Gasteiger partial charge in [-0.3, -0.25) is 19.7 Å². The molecule has 0 aromatic heterocycles. The first-order valence-corrected chi connectivity index (χ1v) is 14.5. The van der Waals surface area contributed by atoms with E-state index >= 15 is 0 Å². The molecular weight excluding hydrogens is 546 g/mol. The fourth-order valence-electron chi connectivity index (χ4n) is 6.07. The lowest BCUT2D eigenvalue weighted by Gasteiger charge is -2.56. The van der Waals surface area contributed by atoms with E-state index in [1.165, 1.54) is 4.90 Å². The number of nitrogens with zero attached hydrogens (tertiary/aromatic N) is 4. The summed E-state index contributed by atoms with van der Waals surface area (Å²) >= 11 is 0. The third-order valence-corrected chi connectivity index (χ3v) is 8.01. The summed E-state index contributed by atoms with van der Waals surface area (Å²) in [4.78, 5) is 42.5. The van der Waals surface area contributed by atoms with Crippen LogP contribution in [0.5, 0.6) is 0 Å². The predicted molar refractivity (Wildman–Crippen MR) is 163 cm³/mol. The molecule has 2 heterocycles. The van der Waals surface area contributed by atoms with Crippen molar-refractivity contribution in [2.75, 3.05) is 33.8 Å². The van der Waals surface area contributed by atoms with Crippen LogP contribution in [0.25, 0.3) is 0 Å². The lowest BCUT2D eigenvalue weighted by molar-refractivity contribution is -0.210. The van der Waals surface area contributed by atoms with Crippen LogP contribution in [0.15, 0.2) is 91.0 Å². The van der Waals surface area contributed by atoms with E-state index in [0.717, 1.165) is 23.8 Å². The van der Waals surface area contributed by atoms with Gasteiger partial charge < -0.3 is 20.0 Å². The molecule has 43 heavy (non-hydrogen) atoms. The lowest BCUT2D eigenvalue weighted by atomic mass is 9.90. The minimum absolute atomic E-state index is 0.0634. The monoisotopic (exact) mass is 587 g/mol. The largest absolute Gasteiger partial charge is 0.481 e. The fraction of sp³-hybridized carbons (Fsp3) is 0.364. The first kappa shape index (κ1) is 31.8. The number of carbonyl (C=O) groups excluding carboxylic acids is 2. The average Bonchev–Trinajstić information content (AvgIpc) is 3.02. The van der Waals surface area contributed by atoms with E-state index in [4.69, 9.17) is 5.11 Å². The lowest BCUT2D eigenvalue weighted by Crippen LogP contribution is -2.76. The minimum atomic E-state index is -1.11. The molecule has 2 fully saturated rings. The second-order valence-corrected chi connectivity index (χ2v) is 10.8. The average molecular weight is 588 g/mol. The van der Waals surface area contributed by atoms with Crippen LogP contribution < -0.4 is 5.32 Å². The minimum Gasteiger partial charge on any atom is -0.481 e. The molecule has 3 N–H and O–H groups in total. The number of carbonyl (C=O) groups is 3. The second kappa shape index (κ2) is 14.9. The molecule has 3 aromatic carbocycles. The summed E-state index contributed by atoms with van der Waals surface area (Å²) in [5.74, 6) is -1.80. The summed E-state index contributed by atoms with van der Waals surface area (Å²) in [6.07, 6.45) is -1.16. The van der Waals surface area contributed by atoms with Crippen molar-refractivity contribution in [1.29, 1.82) is 0 Å². The van der Waals surface area contributed by atoms with Gasteiger partial charge in [0.2, 0.25) is 11.8 Å². The number of fused-ring (bicyclic) bond motifs is 1. The van der Waals surface area contributed by atoms with Crippen LogP contribution in [0.1, 0.15) is 36.0 Å². The normalized spacial score (nSPS) is 19.9. The van der Waals surface area contributed by atoms with Crippen LogP contribution in [0.2, 0.25) is 0 Å². The Morgan fingerprint density at radius 3 is 1.98 bits per heavy atom. The first-order chi connectivity index (χ1) is 20.8. The van der Waals surface area contributed by atoms with Crippen molar-refractivity contribution in [1.82, 2.24) is 25.1 Å². The summed E-state index contributed by atoms with van der Waals surface area (Å²) < 4.78 is 0. The maximum absolute atomic E-state index is 13.9. The topological polar surface area (TPSA) is 117 Å². The molecule has 2 aliphatic rings. The molecule has 2 saturated heterocycles. The Morgan fingerprint density at radius 2 is 1.44 bits per heavy atom. The fourth-order valence-corrected chi connectivity index (χ4v) is 6.07. The molecule has 10 nitrogen and oxygen atoms in total. The van der Waals surface area contributed by atoms with Crippen LogP contribution >= 0.6 is 0 Å². The molecule has 0 radical (unpaired) electrons. The predicted octanol–water partition coefficient (Wildman–Crippen LogP) is 2.57. The highest BCUT2D eigenvalue weighted by Gasteiger charge is 2.51. The van der Waals surface area contributed by atoms with Crippen molar-refractivity contribution < 1.29 is 24.6 Å². The van der Waals surface area contributed by atoms with E-state index in [0.29, 0.717) is 13.1 Å². The molecule has 3 atom stereocenters. The molecule has 0 saturated carbocycles. The van der Waals surface area contributed by atoms with E-state index < -0.39 is 24.6 Å². The number of aliphatic carboxylic acids is 1. The van der Waals surface area contributed by atoms with E-state index in [9.17, 15) is 19.5 Å². The van der Waals surface area contributed by atoms with Gasteiger partial charge in [0.05, 0.1) is 25.7 Å². The van der Waals surface area contributed by atoms with Crippen molar-refractivity contribution in [3.63, 3.8) is 0 Å². The molecule has 2 amide bonds. The molecule has 0 aliphatic carbocycles. The number of piperazine rings is 1. The summed E-state index contributed by atoms with van der Waals surface area (Å²) in [6, 6.07) is 29.0. The summed E-state index contributed by atoms with van der Waals surface area (Å²) in [5, 5.41) is 24.3. The van der Waals surface area contributed by atoms with Gasteiger partial charge in [0, 0.05) is 33.2 Å². The van der Waals surface area contributed by atoms with Crippen LogP contribution in [-0.2, 0) is 20.9 Å². The molecule has 1 unspecified atom stereocenters. The van der Waals surface area contributed by atoms with E-state index in [2.05, 4.69) is 10.3 Å². The highest BCUT2D eigenvalue weighted by molar-refractivity contribution is 5.93. The van der Waals surface area contributed by atoms with Gasteiger partial charge in [0.15, 0.2) is 0 Å². The number of benzene rings is 3. The summed E-state index contributed by atoms with van der Waals surface area (Å²) in [5.41, 5.74) is 3.26. The van der Waals surface area contributed by atoms with Crippen LogP contribution in [0, 0.1) is 0 Å². The number of carboxylic acids is 1. The third-order valence-electron chi connectivity index (χ3n) is 8.01. The zero-order valence-electron chi connectivity index (χ0n) is 24.9. The molecule has 10 heteroatoms. The number of amides is 2. The maximum Gasteiger partial charge on any atom is 0.305 e. The SMILES string of the molecule is CC(NCc1ccccc1)N1[C@H]2CN(CC(c3ccccc3)c3ccccc3)C(=O)[C@H](CC(=O)O)N2C(=O)CN1C.CO. The Balaban J connectivity index is 0.00000207. The number of hydrogen-bond acceptors (Lipinski definition) is 7. The van der Waals surface area contributed by atoms with E-state index in [1.807, 2.05) is 110 Å². The Morgan fingerprint density at radius 1 is 0.907 bits per heavy atom. The van der Waals surface area contributed by atoms with Gasteiger partial charge in [0.25, 0.3) is 0 Å². The van der Waals surface area contributed by atoms with E-state index in [-0.39, 0.29) is 37.0 Å². The number of aliphatic hydroxyl groups is 1. The Kier molecular flexibility index (Phi) is 11.0. The van der Waals surface area contributed by atoms with Crippen LogP contribution in [0.4, 0.5) is 0 Å². The highest BCUT2D eigenvalue weighted by atomic mass is 16.4. The van der Waals surface area contributed by atoms with Gasteiger partial charge in [-0.05, 0) is 23.6 Å². The molecule has 3 aromatic rings.